The van der Waals surface area contributed by atoms with Gasteiger partial charge in [0.1, 0.15) is 12.1 Å². The Kier molecular flexibility index (Phi) is 3.00. The number of carboxylic acid groups (broad SMARTS) is 1. The van der Waals surface area contributed by atoms with E-state index in [-0.39, 0.29) is 5.56 Å². The highest BCUT2D eigenvalue weighted by Crippen LogP contribution is 2.16. The first-order valence-electron chi connectivity index (χ1n) is 5.04. The SMILES string of the molecule is Cc1cc(Nc2cccc(C(=O)O)c2)ncn1. The summed E-state index contributed by atoms with van der Waals surface area (Å²) in [6.45, 7) is 1.86. The van der Waals surface area contributed by atoms with Gasteiger partial charge >= 0.3 is 5.97 Å². The molecule has 0 aliphatic rings. The highest BCUT2D eigenvalue weighted by atomic mass is 16.4. The monoisotopic (exact) mass is 229 g/mol. The number of carbonyl (C=O) groups is 1. The lowest BCUT2D eigenvalue weighted by Crippen LogP contribution is -1.99. The average Bonchev–Trinajstić information content (AvgIpc) is 2.29. The van der Waals surface area contributed by atoms with Crippen LogP contribution in [0.2, 0.25) is 0 Å². The number of aromatic carboxylic acids is 1. The van der Waals surface area contributed by atoms with E-state index in [1.54, 1.807) is 30.3 Å². The predicted molar refractivity (Wildman–Crippen MR) is 63.5 cm³/mol. The molecule has 1 aromatic carbocycles. The summed E-state index contributed by atoms with van der Waals surface area (Å²) in [4.78, 5) is 18.8. The smallest absolute Gasteiger partial charge is 0.335 e. The number of aromatic nitrogens is 2. The molecule has 0 radical (unpaired) electrons. The van der Waals surface area contributed by atoms with Crippen LogP contribution in [0.4, 0.5) is 11.5 Å². The Labute approximate surface area is 98.2 Å². The summed E-state index contributed by atoms with van der Waals surface area (Å²) in [6.07, 6.45) is 1.46. The highest BCUT2D eigenvalue weighted by molar-refractivity contribution is 5.89. The van der Waals surface area contributed by atoms with Crippen molar-refractivity contribution in [3.05, 3.63) is 47.9 Å². The van der Waals surface area contributed by atoms with E-state index in [2.05, 4.69) is 15.3 Å². The number of hydrogen-bond acceptors (Lipinski definition) is 4. The second-order valence-electron chi connectivity index (χ2n) is 3.56. The van der Waals surface area contributed by atoms with Crippen molar-refractivity contribution in [3.63, 3.8) is 0 Å². The molecule has 0 aliphatic carbocycles. The summed E-state index contributed by atoms with van der Waals surface area (Å²) in [7, 11) is 0. The first-order chi connectivity index (χ1) is 8.15. The second kappa shape index (κ2) is 4.61. The zero-order chi connectivity index (χ0) is 12.3. The molecule has 2 aromatic rings. The van der Waals surface area contributed by atoms with Crippen molar-refractivity contribution in [1.29, 1.82) is 0 Å². The van der Waals surface area contributed by atoms with Gasteiger partial charge in [0.2, 0.25) is 0 Å². The van der Waals surface area contributed by atoms with Gasteiger partial charge in [-0.15, -0.1) is 0 Å². The molecule has 0 amide bonds. The van der Waals surface area contributed by atoms with Gasteiger partial charge < -0.3 is 10.4 Å². The van der Waals surface area contributed by atoms with Crippen LogP contribution >= 0.6 is 0 Å². The minimum absolute atomic E-state index is 0.237. The Morgan fingerprint density at radius 2 is 2.12 bits per heavy atom. The van der Waals surface area contributed by atoms with Crippen LogP contribution in [0.25, 0.3) is 0 Å². The van der Waals surface area contributed by atoms with Gasteiger partial charge in [-0.25, -0.2) is 14.8 Å². The molecule has 0 fully saturated rings. The van der Waals surface area contributed by atoms with Gasteiger partial charge in [0.05, 0.1) is 5.56 Å². The van der Waals surface area contributed by atoms with Gasteiger partial charge in [-0.1, -0.05) is 6.07 Å². The number of hydrogen-bond donors (Lipinski definition) is 2. The molecule has 17 heavy (non-hydrogen) atoms. The van der Waals surface area contributed by atoms with Gasteiger partial charge in [-0.2, -0.15) is 0 Å². The van der Waals surface area contributed by atoms with Gasteiger partial charge in [0.15, 0.2) is 0 Å². The summed E-state index contributed by atoms with van der Waals surface area (Å²) in [6, 6.07) is 8.34. The molecule has 2 N–H and O–H groups in total. The topological polar surface area (TPSA) is 75.1 Å². The van der Waals surface area contributed by atoms with Crippen molar-refractivity contribution < 1.29 is 9.90 Å². The number of rotatable bonds is 3. The van der Waals surface area contributed by atoms with Crippen molar-refractivity contribution >= 4 is 17.5 Å². The molecule has 0 bridgehead atoms. The third-order valence-corrected chi connectivity index (χ3v) is 2.19. The normalized spacial score (nSPS) is 9.94. The molecular weight excluding hydrogens is 218 g/mol. The lowest BCUT2D eigenvalue weighted by molar-refractivity contribution is 0.0697. The number of benzene rings is 1. The first kappa shape index (κ1) is 11.1. The molecule has 0 atom stereocenters. The third kappa shape index (κ3) is 2.78. The van der Waals surface area contributed by atoms with Crippen LogP contribution in [0.5, 0.6) is 0 Å². The number of carboxylic acids is 1. The standard InChI is InChI=1S/C12H11N3O2/c1-8-5-11(14-7-13-8)15-10-4-2-3-9(6-10)12(16)17/h2-7H,1H3,(H,16,17)(H,13,14,15). The fourth-order valence-electron chi connectivity index (χ4n) is 1.40. The Bertz CT molecular complexity index is 555. The van der Waals surface area contributed by atoms with Gasteiger partial charge in [-0.05, 0) is 25.1 Å². The Morgan fingerprint density at radius 1 is 1.29 bits per heavy atom. The second-order valence-corrected chi connectivity index (χ2v) is 3.56. The van der Waals surface area contributed by atoms with Crippen molar-refractivity contribution in [2.45, 2.75) is 6.92 Å². The third-order valence-electron chi connectivity index (χ3n) is 2.19. The van der Waals surface area contributed by atoms with E-state index in [0.717, 1.165) is 5.69 Å². The van der Waals surface area contributed by atoms with Crippen molar-refractivity contribution in [3.8, 4) is 0 Å². The summed E-state index contributed by atoms with van der Waals surface area (Å²) >= 11 is 0. The minimum Gasteiger partial charge on any atom is -0.478 e. The maximum atomic E-state index is 10.8. The molecule has 0 saturated heterocycles. The zero-order valence-electron chi connectivity index (χ0n) is 9.21. The number of nitrogens with one attached hydrogen (secondary N) is 1. The molecular formula is C12H11N3O2. The lowest BCUT2D eigenvalue weighted by Gasteiger charge is -2.06. The highest BCUT2D eigenvalue weighted by Gasteiger charge is 2.03. The van der Waals surface area contributed by atoms with Gasteiger partial charge in [0, 0.05) is 17.4 Å². The predicted octanol–water partition coefficient (Wildman–Crippen LogP) is 2.23. The van der Waals surface area contributed by atoms with E-state index >= 15 is 0 Å². The fourth-order valence-corrected chi connectivity index (χ4v) is 1.40. The Morgan fingerprint density at radius 3 is 2.82 bits per heavy atom. The average molecular weight is 229 g/mol. The van der Waals surface area contributed by atoms with Crippen LogP contribution < -0.4 is 5.32 Å². The van der Waals surface area contributed by atoms with Gasteiger partial charge in [-0.3, -0.25) is 0 Å². The van der Waals surface area contributed by atoms with E-state index in [9.17, 15) is 4.79 Å². The van der Waals surface area contributed by atoms with Gasteiger partial charge in [0.25, 0.3) is 0 Å². The molecule has 0 unspecified atom stereocenters. The van der Waals surface area contributed by atoms with Crippen LogP contribution in [-0.4, -0.2) is 21.0 Å². The van der Waals surface area contributed by atoms with E-state index in [4.69, 9.17) is 5.11 Å². The van der Waals surface area contributed by atoms with Crippen LogP contribution in [-0.2, 0) is 0 Å². The fraction of sp³-hybridized carbons (Fsp3) is 0.0833. The van der Waals surface area contributed by atoms with Crippen molar-refractivity contribution in [2.24, 2.45) is 0 Å². The summed E-state index contributed by atoms with van der Waals surface area (Å²) in [5, 5.41) is 11.9. The molecule has 1 aromatic heterocycles. The molecule has 2 rings (SSSR count). The van der Waals surface area contributed by atoms with Crippen molar-refractivity contribution in [2.75, 3.05) is 5.32 Å². The van der Waals surface area contributed by atoms with Crippen LogP contribution in [0, 0.1) is 6.92 Å². The van der Waals surface area contributed by atoms with E-state index in [0.29, 0.717) is 11.5 Å². The van der Waals surface area contributed by atoms with Crippen LogP contribution in [0.15, 0.2) is 36.7 Å². The number of anilines is 2. The maximum Gasteiger partial charge on any atom is 0.335 e. The van der Waals surface area contributed by atoms with E-state index in [1.165, 1.54) is 6.33 Å². The lowest BCUT2D eigenvalue weighted by atomic mass is 10.2. The molecule has 86 valence electrons. The molecule has 5 heteroatoms. The molecule has 0 spiro atoms. The first-order valence-corrected chi connectivity index (χ1v) is 5.04. The molecule has 0 aliphatic heterocycles. The van der Waals surface area contributed by atoms with E-state index in [1.807, 2.05) is 6.92 Å². The zero-order valence-corrected chi connectivity index (χ0v) is 9.21. The largest absolute Gasteiger partial charge is 0.478 e. The maximum absolute atomic E-state index is 10.8. The summed E-state index contributed by atoms with van der Waals surface area (Å²) in [5.74, 6) is -0.312. The summed E-state index contributed by atoms with van der Waals surface area (Å²) < 4.78 is 0. The minimum atomic E-state index is -0.951. The van der Waals surface area contributed by atoms with Crippen LogP contribution in [0.3, 0.4) is 0 Å². The molecule has 1 heterocycles. The Hall–Kier alpha value is -2.43. The molecule has 5 nitrogen and oxygen atoms in total. The van der Waals surface area contributed by atoms with Crippen LogP contribution in [0.1, 0.15) is 16.1 Å². The Balaban J connectivity index is 2.24. The molecule has 0 saturated carbocycles. The van der Waals surface area contributed by atoms with Crippen molar-refractivity contribution in [1.82, 2.24) is 9.97 Å². The number of nitrogens with zero attached hydrogens (tertiary/aromatic N) is 2. The number of aryl methyl sites for hydroxylation is 1. The quantitative estimate of drug-likeness (QED) is 0.844. The summed E-state index contributed by atoms with van der Waals surface area (Å²) in [5.41, 5.74) is 1.76. The van der Waals surface area contributed by atoms with E-state index < -0.39 is 5.97 Å².